The number of nitrogens with zero attached hydrogens (tertiary/aromatic N) is 1. The number of nitrogens with one attached hydrogen (secondary N) is 3. The summed E-state index contributed by atoms with van der Waals surface area (Å²) in [6.07, 6.45) is 3.32. The number of para-hydroxylation sites is 1. The van der Waals surface area contributed by atoms with E-state index in [1.54, 1.807) is 13.1 Å². The molecule has 2 aromatic rings. The fourth-order valence-corrected chi connectivity index (χ4v) is 4.86. The van der Waals surface area contributed by atoms with Gasteiger partial charge in [-0.2, -0.15) is 0 Å². The second-order valence-electron chi connectivity index (χ2n) is 10.1. The van der Waals surface area contributed by atoms with Crippen LogP contribution in [0.1, 0.15) is 51.5 Å². The number of aliphatic carboxylic acids is 1. The van der Waals surface area contributed by atoms with Crippen molar-refractivity contribution in [2.45, 2.75) is 76.5 Å². The summed E-state index contributed by atoms with van der Waals surface area (Å²) < 4.78 is 0. The maximum absolute atomic E-state index is 13.8. The Bertz CT molecular complexity index is 1210. The molecule has 5 unspecified atom stereocenters. The number of carbonyl (C=O) groups is 5. The number of nitrogens with two attached hydrogens (primary N) is 2. The maximum Gasteiger partial charge on any atom is 0.326 e. The lowest BCUT2D eigenvalue weighted by Crippen LogP contribution is -2.57. The van der Waals surface area contributed by atoms with E-state index in [0.29, 0.717) is 19.3 Å². The molecule has 1 fully saturated rings. The number of carbonyl (C=O) groups excluding carboxylic acids is 4. The van der Waals surface area contributed by atoms with Gasteiger partial charge in [-0.15, -0.1) is 0 Å². The molecule has 5 atom stereocenters. The SMILES string of the molecule is CCC(C)C(NC(=O)C1CCCN1C(=O)C(Cc1c[nH]c2ccccc12)NC(=O)C(N)CCC(N)=O)C(=O)O. The largest absolute Gasteiger partial charge is 0.480 e. The predicted molar refractivity (Wildman–Crippen MR) is 144 cm³/mol. The predicted octanol–water partition coefficient (Wildman–Crippen LogP) is 0.395. The summed E-state index contributed by atoms with van der Waals surface area (Å²) in [7, 11) is 0. The molecule has 0 bridgehead atoms. The van der Waals surface area contributed by atoms with E-state index in [9.17, 15) is 29.1 Å². The van der Waals surface area contributed by atoms with Crippen LogP contribution in [-0.2, 0) is 30.4 Å². The molecule has 2 heterocycles. The molecule has 3 rings (SSSR count). The van der Waals surface area contributed by atoms with Gasteiger partial charge in [0.2, 0.25) is 23.6 Å². The fourth-order valence-electron chi connectivity index (χ4n) is 4.86. The summed E-state index contributed by atoms with van der Waals surface area (Å²) in [4.78, 5) is 67.4. The molecule has 1 aromatic heterocycles. The van der Waals surface area contributed by atoms with E-state index in [2.05, 4.69) is 15.6 Å². The quantitative estimate of drug-likeness (QED) is 0.210. The van der Waals surface area contributed by atoms with Gasteiger partial charge in [0.1, 0.15) is 18.1 Å². The number of aromatic amines is 1. The van der Waals surface area contributed by atoms with Gasteiger partial charge in [0, 0.05) is 36.5 Å². The van der Waals surface area contributed by atoms with Crippen molar-refractivity contribution in [3.05, 3.63) is 36.0 Å². The third kappa shape index (κ3) is 7.34. The van der Waals surface area contributed by atoms with E-state index < -0.39 is 53.8 Å². The Morgan fingerprint density at radius 1 is 1.18 bits per heavy atom. The molecular formula is C27H38N6O6. The topological polar surface area (TPSA) is 201 Å². The molecule has 39 heavy (non-hydrogen) atoms. The number of rotatable bonds is 13. The Balaban J connectivity index is 1.83. The Kier molecular flexibility index (Phi) is 10.0. The lowest BCUT2D eigenvalue weighted by molar-refractivity contribution is -0.146. The lowest BCUT2D eigenvalue weighted by atomic mass is 9.98. The highest BCUT2D eigenvalue weighted by molar-refractivity contribution is 5.95. The molecule has 12 nitrogen and oxygen atoms in total. The number of carboxylic acid groups (broad SMARTS) is 1. The van der Waals surface area contributed by atoms with Crippen LogP contribution in [0.2, 0.25) is 0 Å². The van der Waals surface area contributed by atoms with Crippen LogP contribution in [0.15, 0.2) is 30.5 Å². The lowest BCUT2D eigenvalue weighted by Gasteiger charge is -2.30. The summed E-state index contributed by atoms with van der Waals surface area (Å²) in [6.45, 7) is 3.86. The minimum atomic E-state index is -1.14. The highest BCUT2D eigenvalue weighted by Gasteiger charge is 2.40. The van der Waals surface area contributed by atoms with Crippen LogP contribution < -0.4 is 22.1 Å². The number of hydrogen-bond donors (Lipinski definition) is 6. The van der Waals surface area contributed by atoms with E-state index in [-0.39, 0.29) is 31.7 Å². The molecule has 0 aliphatic carbocycles. The number of amides is 4. The first-order chi connectivity index (χ1) is 18.5. The highest BCUT2D eigenvalue weighted by atomic mass is 16.4. The Morgan fingerprint density at radius 2 is 1.90 bits per heavy atom. The Hall–Kier alpha value is -3.93. The molecule has 8 N–H and O–H groups in total. The van der Waals surface area contributed by atoms with E-state index in [4.69, 9.17) is 11.5 Å². The van der Waals surface area contributed by atoms with Crippen LogP contribution >= 0.6 is 0 Å². The zero-order valence-corrected chi connectivity index (χ0v) is 22.3. The van der Waals surface area contributed by atoms with Crippen LogP contribution in [0.4, 0.5) is 0 Å². The normalized spacial score (nSPS) is 18.2. The third-order valence-corrected chi connectivity index (χ3v) is 7.37. The molecule has 212 valence electrons. The van der Waals surface area contributed by atoms with Gasteiger partial charge in [0.25, 0.3) is 0 Å². The van der Waals surface area contributed by atoms with Crippen LogP contribution in [-0.4, -0.2) is 75.3 Å². The van der Waals surface area contributed by atoms with Crippen molar-refractivity contribution >= 4 is 40.5 Å². The summed E-state index contributed by atoms with van der Waals surface area (Å²) in [6, 6.07) is 3.49. The number of carboxylic acids is 1. The number of aromatic nitrogens is 1. The number of primary amides is 1. The fraction of sp³-hybridized carbons (Fsp3) is 0.519. The maximum atomic E-state index is 13.8. The van der Waals surface area contributed by atoms with Crippen molar-refractivity contribution in [1.82, 2.24) is 20.5 Å². The van der Waals surface area contributed by atoms with Gasteiger partial charge < -0.3 is 37.1 Å². The first-order valence-corrected chi connectivity index (χ1v) is 13.3. The standard InChI is InChI=1S/C27H38N6O6/c1-3-15(2)23(27(38)39)32-25(36)21-9-6-12-33(21)26(37)20(31-24(35)18(28)10-11-22(29)34)13-16-14-30-19-8-5-4-7-17(16)19/h4-5,7-8,14-15,18,20-21,23,30H,3,6,9-13,28H2,1-2H3,(H2,29,34)(H,31,35)(H,32,36)(H,38,39). The van der Waals surface area contributed by atoms with Gasteiger partial charge in [0.05, 0.1) is 6.04 Å². The van der Waals surface area contributed by atoms with Crippen molar-refractivity contribution in [1.29, 1.82) is 0 Å². The molecule has 0 spiro atoms. The van der Waals surface area contributed by atoms with Gasteiger partial charge in [-0.25, -0.2) is 4.79 Å². The van der Waals surface area contributed by atoms with Crippen LogP contribution in [0.25, 0.3) is 10.9 Å². The van der Waals surface area contributed by atoms with Crippen molar-refractivity contribution in [2.75, 3.05) is 6.54 Å². The molecule has 4 amide bonds. The van der Waals surface area contributed by atoms with Crippen LogP contribution in [0, 0.1) is 5.92 Å². The van der Waals surface area contributed by atoms with E-state index in [1.165, 1.54) is 4.90 Å². The van der Waals surface area contributed by atoms with Crippen molar-refractivity contribution in [3.63, 3.8) is 0 Å². The van der Waals surface area contributed by atoms with E-state index >= 15 is 0 Å². The molecule has 1 aliphatic heterocycles. The van der Waals surface area contributed by atoms with E-state index in [1.807, 2.05) is 31.2 Å². The van der Waals surface area contributed by atoms with Crippen LogP contribution in [0.3, 0.4) is 0 Å². The van der Waals surface area contributed by atoms with Gasteiger partial charge in [-0.05, 0) is 36.8 Å². The first kappa shape index (κ1) is 29.6. The number of H-pyrrole nitrogens is 1. The summed E-state index contributed by atoms with van der Waals surface area (Å²) in [5.41, 5.74) is 12.8. The molecule has 1 saturated heterocycles. The summed E-state index contributed by atoms with van der Waals surface area (Å²) in [5.74, 6) is -3.64. The molecular weight excluding hydrogens is 504 g/mol. The van der Waals surface area contributed by atoms with Gasteiger partial charge in [-0.1, -0.05) is 38.5 Å². The monoisotopic (exact) mass is 542 g/mol. The zero-order valence-electron chi connectivity index (χ0n) is 22.3. The number of fused-ring (bicyclic) bond motifs is 1. The van der Waals surface area contributed by atoms with Crippen molar-refractivity contribution in [2.24, 2.45) is 17.4 Å². The smallest absolute Gasteiger partial charge is 0.326 e. The van der Waals surface area contributed by atoms with E-state index in [0.717, 1.165) is 16.5 Å². The van der Waals surface area contributed by atoms with Crippen LogP contribution in [0.5, 0.6) is 0 Å². The second kappa shape index (κ2) is 13.2. The minimum Gasteiger partial charge on any atom is -0.480 e. The molecule has 0 saturated carbocycles. The Morgan fingerprint density at radius 3 is 2.56 bits per heavy atom. The van der Waals surface area contributed by atoms with Gasteiger partial charge >= 0.3 is 5.97 Å². The van der Waals surface area contributed by atoms with Gasteiger partial charge in [-0.3, -0.25) is 19.2 Å². The molecule has 1 aliphatic rings. The second-order valence-corrected chi connectivity index (χ2v) is 10.1. The first-order valence-electron chi connectivity index (χ1n) is 13.3. The molecule has 0 radical (unpaired) electrons. The average molecular weight is 543 g/mol. The minimum absolute atomic E-state index is 0.0239. The summed E-state index contributed by atoms with van der Waals surface area (Å²) in [5, 5.41) is 15.8. The summed E-state index contributed by atoms with van der Waals surface area (Å²) >= 11 is 0. The van der Waals surface area contributed by atoms with Crippen molar-refractivity contribution in [3.8, 4) is 0 Å². The Labute approximate surface area is 226 Å². The van der Waals surface area contributed by atoms with Gasteiger partial charge in [0.15, 0.2) is 0 Å². The molecule has 1 aromatic carbocycles. The number of likely N-dealkylation sites (tertiary alicyclic amines) is 1. The average Bonchev–Trinajstić information content (AvgIpc) is 3.56. The number of benzene rings is 1. The third-order valence-electron chi connectivity index (χ3n) is 7.37. The highest BCUT2D eigenvalue weighted by Crippen LogP contribution is 2.23. The molecule has 12 heteroatoms. The van der Waals surface area contributed by atoms with Crippen molar-refractivity contribution < 1.29 is 29.1 Å². The zero-order chi connectivity index (χ0) is 28.7. The number of hydrogen-bond acceptors (Lipinski definition) is 6.